The van der Waals surface area contributed by atoms with E-state index >= 15 is 0 Å². The van der Waals surface area contributed by atoms with Crippen LogP contribution in [0.5, 0.6) is 0 Å². The summed E-state index contributed by atoms with van der Waals surface area (Å²) in [5, 5.41) is 2.31. The number of hydrogen-bond donors (Lipinski definition) is 0. The molecular weight excluding hydrogens is 595 g/mol. The molecule has 0 aliphatic rings. The minimum Gasteiger partial charge on any atom is -0.293 e. The van der Waals surface area contributed by atoms with Crippen molar-refractivity contribution >= 4 is 27.4 Å². The number of nitrogens with zero attached hydrogens (tertiary/aromatic N) is 3. The van der Waals surface area contributed by atoms with Crippen LogP contribution in [0.2, 0.25) is 0 Å². The quantitative estimate of drug-likeness (QED) is 0.157. The highest BCUT2D eigenvalue weighted by Crippen LogP contribution is 2.42. The maximum absolute atomic E-state index is 5.22. The predicted molar refractivity (Wildman–Crippen MR) is 206 cm³/mol. The fraction of sp³-hybridized carbons (Fsp3) is 0. The van der Waals surface area contributed by atoms with E-state index in [0.29, 0.717) is 5.82 Å². The van der Waals surface area contributed by atoms with Gasteiger partial charge in [-0.05, 0) is 52.1 Å². The molecule has 2 heterocycles. The molecule has 0 spiro atoms. The smallest absolute Gasteiger partial charge is 0.162 e. The van der Waals surface area contributed by atoms with Crippen molar-refractivity contribution in [3.05, 3.63) is 195 Å². The van der Waals surface area contributed by atoms with Crippen molar-refractivity contribution in [1.82, 2.24) is 14.5 Å². The van der Waals surface area contributed by atoms with Gasteiger partial charge >= 0.3 is 0 Å². The summed E-state index contributed by atoms with van der Waals surface area (Å²) in [4.78, 5) is 10.2. The zero-order chi connectivity index (χ0) is 33.2. The summed E-state index contributed by atoms with van der Waals surface area (Å²) in [6, 6.07) is 55.6. The zero-order valence-electron chi connectivity index (χ0n) is 27.0. The van der Waals surface area contributed by atoms with Gasteiger partial charge in [-0.2, -0.15) is 0 Å². The standard InChI is InChI=1S/C46H33N3/c1-3-17-32(4-2)46-47-42(35-22-12-7-13-23-35)31-44(48-46)49-43-27-15-14-26-39(43)41-30-38(29-40(45(41)49)34-20-10-6-11-21-34)37-25-16-24-36(28-37)33-18-8-5-9-19-33/h3-31H,1-2H2/b32-17+. The molecule has 0 bridgehead atoms. The van der Waals surface area contributed by atoms with Crippen molar-refractivity contribution in [2.24, 2.45) is 0 Å². The first-order chi connectivity index (χ1) is 24.2. The van der Waals surface area contributed by atoms with E-state index in [1.807, 2.05) is 24.3 Å². The van der Waals surface area contributed by atoms with E-state index in [0.717, 1.165) is 66.7 Å². The van der Waals surface area contributed by atoms with E-state index in [4.69, 9.17) is 9.97 Å². The monoisotopic (exact) mass is 627 g/mol. The number of benzene rings is 6. The first-order valence-electron chi connectivity index (χ1n) is 16.4. The summed E-state index contributed by atoms with van der Waals surface area (Å²) in [5.74, 6) is 1.37. The van der Waals surface area contributed by atoms with Gasteiger partial charge in [0.2, 0.25) is 0 Å². The topological polar surface area (TPSA) is 30.7 Å². The van der Waals surface area contributed by atoms with Crippen molar-refractivity contribution in [2.75, 3.05) is 0 Å². The van der Waals surface area contributed by atoms with Crippen molar-refractivity contribution < 1.29 is 0 Å². The van der Waals surface area contributed by atoms with E-state index in [-0.39, 0.29) is 0 Å². The second-order valence-corrected chi connectivity index (χ2v) is 11.9. The van der Waals surface area contributed by atoms with Crippen molar-refractivity contribution in [3.8, 4) is 50.5 Å². The highest BCUT2D eigenvalue weighted by molar-refractivity contribution is 6.15. The highest BCUT2D eigenvalue weighted by Gasteiger charge is 2.21. The number of fused-ring (bicyclic) bond motifs is 3. The Morgan fingerprint density at radius 3 is 1.82 bits per heavy atom. The number of hydrogen-bond acceptors (Lipinski definition) is 2. The summed E-state index contributed by atoms with van der Waals surface area (Å²) in [5.41, 5.74) is 11.8. The normalized spacial score (nSPS) is 11.6. The molecule has 8 aromatic rings. The molecule has 0 fully saturated rings. The van der Waals surface area contributed by atoms with Crippen LogP contribution in [0.15, 0.2) is 189 Å². The summed E-state index contributed by atoms with van der Waals surface area (Å²) in [6.07, 6.45) is 5.43. The van der Waals surface area contributed by atoms with E-state index < -0.39 is 0 Å². The first kappa shape index (κ1) is 29.8. The minimum absolute atomic E-state index is 0.591. The molecule has 2 aromatic heterocycles. The third-order valence-corrected chi connectivity index (χ3v) is 8.94. The number of rotatable bonds is 8. The molecule has 3 heteroatoms. The molecule has 0 radical (unpaired) electrons. The lowest BCUT2D eigenvalue weighted by Crippen LogP contribution is -2.04. The lowest BCUT2D eigenvalue weighted by Gasteiger charge is -2.15. The second kappa shape index (κ2) is 12.9. The van der Waals surface area contributed by atoms with E-state index in [1.165, 1.54) is 11.1 Å². The van der Waals surface area contributed by atoms with Crippen LogP contribution < -0.4 is 0 Å². The van der Waals surface area contributed by atoms with Gasteiger partial charge in [-0.25, -0.2) is 9.97 Å². The molecule has 0 unspecified atom stereocenters. The molecule has 0 saturated heterocycles. The molecule has 6 aromatic carbocycles. The summed E-state index contributed by atoms with van der Waals surface area (Å²) in [6.45, 7) is 7.99. The lowest BCUT2D eigenvalue weighted by molar-refractivity contribution is 1.02. The molecule has 0 N–H and O–H groups in total. The third kappa shape index (κ3) is 5.58. The van der Waals surface area contributed by atoms with Gasteiger partial charge in [0, 0.05) is 33.5 Å². The number of aromatic nitrogens is 3. The number of allylic oxidation sites excluding steroid dienone is 4. The zero-order valence-corrected chi connectivity index (χ0v) is 27.0. The number of para-hydroxylation sites is 1. The second-order valence-electron chi connectivity index (χ2n) is 11.9. The van der Waals surface area contributed by atoms with Crippen LogP contribution in [0, 0.1) is 0 Å². The summed E-state index contributed by atoms with van der Waals surface area (Å²) in [7, 11) is 0. The Morgan fingerprint density at radius 1 is 0.510 bits per heavy atom. The Hall–Kier alpha value is -6.58. The third-order valence-electron chi connectivity index (χ3n) is 8.94. The molecular formula is C46H33N3. The van der Waals surface area contributed by atoms with Gasteiger partial charge in [-0.3, -0.25) is 4.57 Å². The predicted octanol–water partition coefficient (Wildman–Crippen LogP) is 12.0. The molecule has 3 nitrogen and oxygen atoms in total. The fourth-order valence-corrected chi connectivity index (χ4v) is 6.64. The first-order valence-corrected chi connectivity index (χ1v) is 16.4. The van der Waals surface area contributed by atoms with E-state index in [9.17, 15) is 0 Å². The Balaban J connectivity index is 1.45. The van der Waals surface area contributed by atoms with Crippen LogP contribution >= 0.6 is 0 Å². The molecule has 0 aliphatic heterocycles. The van der Waals surface area contributed by atoms with Crippen molar-refractivity contribution in [3.63, 3.8) is 0 Å². The Morgan fingerprint density at radius 2 is 1.12 bits per heavy atom. The van der Waals surface area contributed by atoms with Gasteiger partial charge in [0.25, 0.3) is 0 Å². The largest absolute Gasteiger partial charge is 0.293 e. The summed E-state index contributed by atoms with van der Waals surface area (Å²) < 4.78 is 2.30. The maximum Gasteiger partial charge on any atom is 0.162 e. The Kier molecular flexibility index (Phi) is 7.85. The molecule has 0 amide bonds. The fourth-order valence-electron chi connectivity index (χ4n) is 6.64. The van der Waals surface area contributed by atoms with Gasteiger partial charge in [-0.1, -0.05) is 159 Å². The Labute approximate surface area is 286 Å². The van der Waals surface area contributed by atoms with Gasteiger partial charge in [0.1, 0.15) is 5.82 Å². The van der Waals surface area contributed by atoms with Crippen molar-refractivity contribution in [2.45, 2.75) is 0 Å². The Bertz CT molecular complexity index is 2510. The van der Waals surface area contributed by atoms with Gasteiger partial charge in [0.15, 0.2) is 5.82 Å². The molecule has 0 saturated carbocycles. The van der Waals surface area contributed by atoms with Gasteiger partial charge < -0.3 is 0 Å². The van der Waals surface area contributed by atoms with Crippen LogP contribution in [0.4, 0.5) is 0 Å². The van der Waals surface area contributed by atoms with Crippen LogP contribution in [0.1, 0.15) is 5.82 Å². The van der Waals surface area contributed by atoms with Crippen LogP contribution in [-0.4, -0.2) is 14.5 Å². The van der Waals surface area contributed by atoms with Crippen molar-refractivity contribution in [1.29, 1.82) is 0 Å². The van der Waals surface area contributed by atoms with E-state index in [2.05, 4.69) is 157 Å². The highest BCUT2D eigenvalue weighted by atomic mass is 15.1. The SMILES string of the molecule is C=C/C=C(\C=C)c1nc(-c2ccccc2)cc(-n2c3ccccc3c3cc(-c4cccc(-c5ccccc5)c4)cc(-c4ccccc4)c32)n1. The molecule has 0 aliphatic carbocycles. The van der Waals surface area contributed by atoms with Gasteiger partial charge in [0.05, 0.1) is 16.7 Å². The maximum atomic E-state index is 5.22. The average Bonchev–Trinajstić information content (AvgIpc) is 3.52. The average molecular weight is 628 g/mol. The summed E-state index contributed by atoms with van der Waals surface area (Å²) >= 11 is 0. The molecule has 232 valence electrons. The molecule has 0 atom stereocenters. The van der Waals surface area contributed by atoms with Crippen LogP contribution in [-0.2, 0) is 0 Å². The molecule has 49 heavy (non-hydrogen) atoms. The lowest BCUT2D eigenvalue weighted by atomic mass is 9.94. The molecule has 8 rings (SSSR count). The van der Waals surface area contributed by atoms with Crippen LogP contribution in [0.3, 0.4) is 0 Å². The van der Waals surface area contributed by atoms with Gasteiger partial charge in [-0.15, -0.1) is 0 Å². The van der Waals surface area contributed by atoms with E-state index in [1.54, 1.807) is 12.2 Å². The minimum atomic E-state index is 0.591. The van der Waals surface area contributed by atoms with Crippen LogP contribution in [0.25, 0.3) is 77.8 Å².